The molecule has 1 unspecified atom stereocenters. The molecule has 1 rings (SSSR count). The fourth-order valence-electron chi connectivity index (χ4n) is 0.605. The largest absolute Gasteiger partial charge is 0.322 e. The second kappa shape index (κ2) is 3.36. The van der Waals surface area contributed by atoms with Gasteiger partial charge in [0.25, 0.3) is 0 Å². The molecule has 0 bridgehead atoms. The van der Waals surface area contributed by atoms with E-state index in [0.29, 0.717) is 5.96 Å². The SMILES string of the molecule is CC(=O)NC1=NSC(S)N1C. The van der Waals surface area contributed by atoms with Crippen LogP contribution in [0.4, 0.5) is 0 Å². The standard InChI is InChI=1S/C5H9N3OS2/c1-3(9)6-4-7-11-5(10)8(4)2/h5,10H,1-2H3,(H,6,7,9). The lowest BCUT2D eigenvalue weighted by molar-refractivity contribution is -0.117. The molecule has 11 heavy (non-hydrogen) atoms. The molecule has 0 aromatic rings. The van der Waals surface area contributed by atoms with Gasteiger partial charge in [-0.05, 0) is 0 Å². The Morgan fingerprint density at radius 2 is 2.55 bits per heavy atom. The third-order valence-electron chi connectivity index (χ3n) is 1.19. The first-order valence-electron chi connectivity index (χ1n) is 3.03. The van der Waals surface area contributed by atoms with Crippen LogP contribution in [0.3, 0.4) is 0 Å². The highest BCUT2D eigenvalue weighted by Crippen LogP contribution is 2.25. The number of thiol groups is 1. The summed E-state index contributed by atoms with van der Waals surface area (Å²) in [6.07, 6.45) is 0. The molecule has 0 aromatic carbocycles. The van der Waals surface area contributed by atoms with Gasteiger partial charge in [-0.15, -0.1) is 12.6 Å². The maximum absolute atomic E-state index is 10.6. The fraction of sp³-hybridized carbons (Fsp3) is 0.600. The van der Waals surface area contributed by atoms with Gasteiger partial charge in [-0.2, -0.15) is 4.40 Å². The van der Waals surface area contributed by atoms with Gasteiger partial charge in [0.15, 0.2) is 0 Å². The van der Waals surface area contributed by atoms with E-state index in [0.717, 1.165) is 0 Å². The van der Waals surface area contributed by atoms with E-state index in [4.69, 9.17) is 0 Å². The smallest absolute Gasteiger partial charge is 0.223 e. The molecule has 4 nitrogen and oxygen atoms in total. The molecule has 1 aliphatic rings. The quantitative estimate of drug-likeness (QED) is 0.427. The van der Waals surface area contributed by atoms with Gasteiger partial charge in [0.05, 0.1) is 0 Å². The molecule has 62 valence electrons. The van der Waals surface area contributed by atoms with Gasteiger partial charge in [-0.25, -0.2) is 0 Å². The van der Waals surface area contributed by atoms with E-state index in [-0.39, 0.29) is 10.6 Å². The molecule has 1 amide bonds. The Morgan fingerprint density at radius 3 is 2.91 bits per heavy atom. The van der Waals surface area contributed by atoms with Crippen LogP contribution in [0.5, 0.6) is 0 Å². The minimum atomic E-state index is -0.112. The second-order valence-electron chi connectivity index (χ2n) is 2.14. The topological polar surface area (TPSA) is 44.7 Å². The van der Waals surface area contributed by atoms with Gasteiger partial charge < -0.3 is 4.90 Å². The van der Waals surface area contributed by atoms with Crippen molar-refractivity contribution in [2.45, 2.75) is 11.6 Å². The molecular formula is C5H9N3OS2. The Balaban J connectivity index is 2.54. The zero-order valence-electron chi connectivity index (χ0n) is 6.24. The maximum Gasteiger partial charge on any atom is 0.223 e. The van der Waals surface area contributed by atoms with Crippen molar-refractivity contribution in [1.29, 1.82) is 0 Å². The van der Waals surface area contributed by atoms with E-state index in [9.17, 15) is 4.79 Å². The third kappa shape index (κ3) is 2.03. The molecule has 1 aliphatic heterocycles. The number of amides is 1. The molecule has 0 aliphatic carbocycles. The lowest BCUT2D eigenvalue weighted by Crippen LogP contribution is -2.40. The van der Waals surface area contributed by atoms with Crippen LogP contribution in [0.1, 0.15) is 6.92 Å². The van der Waals surface area contributed by atoms with E-state index in [2.05, 4.69) is 22.3 Å². The Kier molecular flexibility index (Phi) is 2.67. The Bertz CT molecular complexity index is 206. The van der Waals surface area contributed by atoms with Crippen LogP contribution in [0, 0.1) is 0 Å². The Morgan fingerprint density at radius 1 is 1.91 bits per heavy atom. The molecule has 0 aromatic heterocycles. The number of guanidine groups is 1. The van der Waals surface area contributed by atoms with Crippen molar-refractivity contribution >= 4 is 36.4 Å². The molecule has 1 atom stereocenters. The number of nitrogens with zero attached hydrogens (tertiary/aromatic N) is 2. The molecule has 0 fully saturated rings. The van der Waals surface area contributed by atoms with Gasteiger partial charge in [-0.1, -0.05) is 0 Å². The summed E-state index contributed by atoms with van der Waals surface area (Å²) in [6, 6.07) is 0. The summed E-state index contributed by atoms with van der Waals surface area (Å²) in [4.78, 5) is 12.4. The first kappa shape index (κ1) is 8.73. The van der Waals surface area contributed by atoms with Crippen molar-refractivity contribution in [2.75, 3.05) is 7.05 Å². The van der Waals surface area contributed by atoms with Crippen LogP contribution >= 0.6 is 24.6 Å². The lowest BCUT2D eigenvalue weighted by Gasteiger charge is -2.16. The van der Waals surface area contributed by atoms with Crippen LogP contribution in [0.15, 0.2) is 4.40 Å². The van der Waals surface area contributed by atoms with Gasteiger partial charge in [0.2, 0.25) is 11.9 Å². The zero-order chi connectivity index (χ0) is 8.43. The molecular weight excluding hydrogens is 182 g/mol. The highest BCUT2D eigenvalue weighted by atomic mass is 32.2. The van der Waals surface area contributed by atoms with Crippen LogP contribution < -0.4 is 5.32 Å². The van der Waals surface area contributed by atoms with E-state index in [1.165, 1.54) is 18.9 Å². The number of hydrogen-bond acceptors (Lipinski definition) is 5. The average Bonchev–Trinajstić information content (AvgIpc) is 2.18. The fourth-order valence-corrected chi connectivity index (χ4v) is 1.47. The molecule has 0 radical (unpaired) electrons. The summed E-state index contributed by atoms with van der Waals surface area (Å²) in [7, 11) is 1.83. The van der Waals surface area contributed by atoms with Crippen molar-refractivity contribution in [2.24, 2.45) is 4.40 Å². The summed E-state index contributed by atoms with van der Waals surface area (Å²) in [5.74, 6) is 0.459. The van der Waals surface area contributed by atoms with E-state index < -0.39 is 0 Å². The minimum absolute atomic E-state index is 0.0110. The van der Waals surface area contributed by atoms with E-state index in [1.807, 2.05) is 7.05 Å². The molecule has 6 heteroatoms. The normalized spacial score (nSPS) is 23.4. The number of nitrogens with one attached hydrogen (secondary N) is 1. The van der Waals surface area contributed by atoms with Gasteiger partial charge >= 0.3 is 0 Å². The summed E-state index contributed by atoms with van der Waals surface area (Å²) in [6.45, 7) is 1.45. The van der Waals surface area contributed by atoms with Gasteiger partial charge in [-0.3, -0.25) is 10.1 Å². The molecule has 1 N–H and O–H groups in total. The molecule has 0 spiro atoms. The molecule has 0 saturated carbocycles. The molecule has 0 saturated heterocycles. The van der Waals surface area contributed by atoms with E-state index >= 15 is 0 Å². The van der Waals surface area contributed by atoms with Crippen LogP contribution in [0.2, 0.25) is 0 Å². The number of hydrogen-bond donors (Lipinski definition) is 2. The first-order chi connectivity index (χ1) is 5.11. The van der Waals surface area contributed by atoms with Crippen molar-refractivity contribution in [3.63, 3.8) is 0 Å². The highest BCUT2D eigenvalue weighted by Gasteiger charge is 2.22. The maximum atomic E-state index is 10.6. The van der Waals surface area contributed by atoms with Crippen molar-refractivity contribution in [1.82, 2.24) is 10.2 Å². The first-order valence-corrected chi connectivity index (χ1v) is 4.39. The van der Waals surface area contributed by atoms with Crippen LogP contribution in [0.25, 0.3) is 0 Å². The van der Waals surface area contributed by atoms with Crippen molar-refractivity contribution in [3.05, 3.63) is 0 Å². The van der Waals surface area contributed by atoms with E-state index in [1.54, 1.807) is 4.90 Å². The minimum Gasteiger partial charge on any atom is -0.322 e. The zero-order valence-corrected chi connectivity index (χ0v) is 7.95. The third-order valence-corrected chi connectivity index (χ3v) is 2.60. The van der Waals surface area contributed by atoms with Crippen LogP contribution in [-0.2, 0) is 4.79 Å². The highest BCUT2D eigenvalue weighted by molar-refractivity contribution is 8.09. The van der Waals surface area contributed by atoms with Gasteiger partial charge in [0.1, 0.15) is 4.71 Å². The predicted octanol–water partition coefficient (Wildman–Crippen LogP) is 0.286. The lowest BCUT2D eigenvalue weighted by atomic mass is 10.7. The van der Waals surface area contributed by atoms with Crippen molar-refractivity contribution in [3.8, 4) is 0 Å². The average molecular weight is 191 g/mol. The Hall–Kier alpha value is -0.360. The summed E-state index contributed by atoms with van der Waals surface area (Å²) < 4.78 is 4.00. The molecule has 1 heterocycles. The van der Waals surface area contributed by atoms with Crippen molar-refractivity contribution < 1.29 is 4.79 Å². The Labute approximate surface area is 75.0 Å². The second-order valence-corrected chi connectivity index (χ2v) is 3.82. The summed E-state index contributed by atoms with van der Waals surface area (Å²) >= 11 is 5.51. The summed E-state index contributed by atoms with van der Waals surface area (Å²) in [5, 5.41) is 2.59. The number of rotatable bonds is 0. The number of carbonyl (C=O) groups is 1. The summed E-state index contributed by atoms with van der Waals surface area (Å²) in [5.41, 5.74) is 0. The predicted molar refractivity (Wildman–Crippen MR) is 49.4 cm³/mol. The van der Waals surface area contributed by atoms with Gasteiger partial charge in [0, 0.05) is 25.9 Å². The number of carbonyl (C=O) groups excluding carboxylic acids is 1. The monoisotopic (exact) mass is 191 g/mol. The van der Waals surface area contributed by atoms with Crippen LogP contribution in [-0.4, -0.2) is 28.5 Å².